The molecule has 1 aliphatic carbocycles. The minimum Gasteiger partial charge on any atom is -0.477 e. The molecule has 1 saturated carbocycles. The van der Waals surface area contributed by atoms with Crippen LogP contribution in [0.5, 0.6) is 5.88 Å². The monoisotopic (exact) mass is 388 g/mol. The quantitative estimate of drug-likeness (QED) is 0.581. The second kappa shape index (κ2) is 6.79. The number of rotatable bonds is 7. The number of halogens is 4. The summed E-state index contributed by atoms with van der Waals surface area (Å²) in [4.78, 5) is 15.2. The zero-order valence-corrected chi connectivity index (χ0v) is 14.3. The molecule has 0 atom stereocenters. The van der Waals surface area contributed by atoms with Crippen molar-refractivity contribution in [3.05, 3.63) is 35.1 Å². The van der Waals surface area contributed by atoms with Crippen LogP contribution in [0.4, 0.5) is 13.2 Å². The number of nitrogens with two attached hydrogens (primary N) is 1. The van der Waals surface area contributed by atoms with Gasteiger partial charge in [0.25, 0.3) is 5.91 Å². The Morgan fingerprint density at radius 3 is 2.65 bits per heavy atom. The van der Waals surface area contributed by atoms with Gasteiger partial charge >= 0.3 is 6.18 Å². The third-order valence-electron chi connectivity index (χ3n) is 4.40. The first kappa shape index (κ1) is 18.5. The van der Waals surface area contributed by atoms with Gasteiger partial charge in [0.05, 0.1) is 17.6 Å². The van der Waals surface area contributed by atoms with Gasteiger partial charge in [0.1, 0.15) is 5.15 Å². The molecule has 6 nitrogen and oxygen atoms in total. The van der Waals surface area contributed by atoms with Crippen LogP contribution in [0, 0.1) is 5.41 Å². The Morgan fingerprint density at radius 2 is 2.08 bits per heavy atom. The van der Waals surface area contributed by atoms with Crippen molar-refractivity contribution in [2.24, 2.45) is 11.1 Å². The van der Waals surface area contributed by atoms with Gasteiger partial charge < -0.3 is 10.5 Å². The first-order valence-electron chi connectivity index (χ1n) is 7.94. The summed E-state index contributed by atoms with van der Waals surface area (Å²) in [5.74, 6) is -0.0755. The molecule has 140 valence electrons. The van der Waals surface area contributed by atoms with Crippen LogP contribution < -0.4 is 10.5 Å². The molecule has 2 aromatic heterocycles. The summed E-state index contributed by atoms with van der Waals surface area (Å²) in [5.41, 5.74) is 3.74. The van der Waals surface area contributed by atoms with E-state index in [9.17, 15) is 18.0 Å². The van der Waals surface area contributed by atoms with E-state index in [0.29, 0.717) is 12.2 Å². The second-order valence-electron chi connectivity index (χ2n) is 6.20. The highest BCUT2D eigenvalue weighted by molar-refractivity contribution is 6.32. The topological polar surface area (TPSA) is 83.0 Å². The Morgan fingerprint density at radius 1 is 1.35 bits per heavy atom. The summed E-state index contributed by atoms with van der Waals surface area (Å²) in [6.45, 7) is 0.143. The standard InChI is InChI=1S/C16H16ClF3N4O2/c17-13-10(14(21)25)2-3-11(22-13)24-8-4-12(23-24)26-9-1-5-15(6-7-15)16(18,19)20/h2-4,8H,1,5-7,9H2,(H2,21,25). The van der Waals surface area contributed by atoms with E-state index >= 15 is 0 Å². The van der Waals surface area contributed by atoms with Crippen molar-refractivity contribution < 1.29 is 22.7 Å². The summed E-state index contributed by atoms with van der Waals surface area (Å²) in [6.07, 6.45) is -1.84. The Kier molecular flexibility index (Phi) is 4.83. The van der Waals surface area contributed by atoms with Crippen molar-refractivity contribution in [1.29, 1.82) is 0 Å². The number of hydrogen-bond donors (Lipinski definition) is 1. The molecule has 0 radical (unpaired) electrons. The fourth-order valence-corrected chi connectivity index (χ4v) is 2.90. The van der Waals surface area contributed by atoms with Gasteiger partial charge in [-0.25, -0.2) is 9.67 Å². The molecule has 1 aliphatic rings. The molecule has 26 heavy (non-hydrogen) atoms. The number of carbonyl (C=O) groups is 1. The summed E-state index contributed by atoms with van der Waals surface area (Å²) < 4.78 is 45.3. The summed E-state index contributed by atoms with van der Waals surface area (Å²) in [6, 6.07) is 4.51. The van der Waals surface area contributed by atoms with Crippen LogP contribution in [0.2, 0.25) is 5.15 Å². The Bertz CT molecular complexity index is 818. The molecule has 10 heteroatoms. The molecule has 1 amide bonds. The maximum absolute atomic E-state index is 12.8. The highest BCUT2D eigenvalue weighted by Crippen LogP contribution is 2.60. The molecule has 0 aliphatic heterocycles. The Hall–Kier alpha value is -2.29. The van der Waals surface area contributed by atoms with Crippen molar-refractivity contribution in [2.45, 2.75) is 31.9 Å². The molecule has 0 spiro atoms. The molecule has 0 saturated heterocycles. The molecule has 2 aromatic rings. The number of ether oxygens (including phenoxy) is 1. The van der Waals surface area contributed by atoms with Crippen LogP contribution in [0.15, 0.2) is 24.4 Å². The lowest BCUT2D eigenvalue weighted by Gasteiger charge is -2.18. The van der Waals surface area contributed by atoms with Gasteiger partial charge in [-0.05, 0) is 37.8 Å². The predicted octanol–water partition coefficient (Wildman–Crippen LogP) is 3.52. The van der Waals surface area contributed by atoms with Crippen molar-refractivity contribution >= 4 is 17.5 Å². The third-order valence-corrected chi connectivity index (χ3v) is 4.69. The molecule has 0 bridgehead atoms. The van der Waals surface area contributed by atoms with Crippen molar-refractivity contribution in [2.75, 3.05) is 6.61 Å². The maximum atomic E-state index is 12.8. The Labute approximate surface area is 152 Å². The molecule has 2 N–H and O–H groups in total. The van der Waals surface area contributed by atoms with Gasteiger partial charge in [0, 0.05) is 12.3 Å². The van der Waals surface area contributed by atoms with Crippen LogP contribution in [0.3, 0.4) is 0 Å². The van der Waals surface area contributed by atoms with E-state index < -0.39 is 17.5 Å². The first-order valence-corrected chi connectivity index (χ1v) is 8.32. The lowest BCUT2D eigenvalue weighted by molar-refractivity contribution is -0.189. The van der Waals surface area contributed by atoms with Gasteiger partial charge in [-0.15, -0.1) is 5.10 Å². The number of pyridine rings is 1. The van der Waals surface area contributed by atoms with E-state index in [1.807, 2.05) is 0 Å². The van der Waals surface area contributed by atoms with Crippen LogP contribution in [-0.2, 0) is 0 Å². The number of hydrogen-bond acceptors (Lipinski definition) is 4. The van der Waals surface area contributed by atoms with Crippen LogP contribution in [0.1, 0.15) is 36.0 Å². The number of primary amides is 1. The van der Waals surface area contributed by atoms with E-state index in [1.54, 1.807) is 12.3 Å². The molecule has 2 heterocycles. The van der Waals surface area contributed by atoms with Crippen molar-refractivity contribution in [3.63, 3.8) is 0 Å². The van der Waals surface area contributed by atoms with Gasteiger partial charge in [-0.1, -0.05) is 11.6 Å². The average molecular weight is 389 g/mol. The third kappa shape index (κ3) is 3.77. The number of amides is 1. The van der Waals surface area contributed by atoms with Gasteiger partial charge in [-0.3, -0.25) is 4.79 Å². The van der Waals surface area contributed by atoms with Crippen molar-refractivity contribution in [1.82, 2.24) is 14.8 Å². The lowest BCUT2D eigenvalue weighted by Crippen LogP contribution is -2.24. The highest BCUT2D eigenvalue weighted by Gasteiger charge is 2.62. The number of nitrogens with zero attached hydrogens (tertiary/aromatic N) is 3. The second-order valence-corrected chi connectivity index (χ2v) is 6.56. The Balaban J connectivity index is 1.55. The van der Waals surface area contributed by atoms with E-state index in [0.717, 1.165) is 0 Å². The minimum atomic E-state index is -4.14. The van der Waals surface area contributed by atoms with E-state index in [1.165, 1.54) is 16.8 Å². The van der Waals surface area contributed by atoms with Crippen molar-refractivity contribution in [3.8, 4) is 11.7 Å². The SMILES string of the molecule is NC(=O)c1ccc(-n2ccc(OCCCC3(C(F)(F)F)CC3)n2)nc1Cl. The van der Waals surface area contributed by atoms with E-state index in [-0.39, 0.29) is 42.5 Å². The van der Waals surface area contributed by atoms with Gasteiger partial charge in [-0.2, -0.15) is 13.2 Å². The van der Waals surface area contributed by atoms with Gasteiger partial charge in [0.2, 0.25) is 5.88 Å². The van der Waals surface area contributed by atoms with Crippen LogP contribution >= 0.6 is 11.6 Å². The van der Waals surface area contributed by atoms with Crippen LogP contribution in [0.25, 0.3) is 5.82 Å². The number of carbonyl (C=O) groups excluding carboxylic acids is 1. The van der Waals surface area contributed by atoms with E-state index in [4.69, 9.17) is 22.1 Å². The fraction of sp³-hybridized carbons (Fsp3) is 0.438. The molecule has 3 rings (SSSR count). The molecule has 1 fully saturated rings. The average Bonchev–Trinajstić information content (AvgIpc) is 3.22. The van der Waals surface area contributed by atoms with Crippen LogP contribution in [-0.4, -0.2) is 33.5 Å². The minimum absolute atomic E-state index is 0.0464. The molecule has 0 unspecified atom stereocenters. The largest absolute Gasteiger partial charge is 0.477 e. The highest BCUT2D eigenvalue weighted by atomic mass is 35.5. The predicted molar refractivity (Wildman–Crippen MR) is 87.3 cm³/mol. The normalized spacial score (nSPS) is 15.7. The maximum Gasteiger partial charge on any atom is 0.394 e. The summed E-state index contributed by atoms with van der Waals surface area (Å²) >= 11 is 5.89. The number of aromatic nitrogens is 3. The zero-order chi connectivity index (χ0) is 18.9. The van der Waals surface area contributed by atoms with E-state index in [2.05, 4.69) is 10.1 Å². The molecule has 0 aromatic carbocycles. The first-order chi connectivity index (χ1) is 12.2. The molecular formula is C16H16ClF3N4O2. The lowest BCUT2D eigenvalue weighted by atomic mass is 10.0. The summed E-state index contributed by atoms with van der Waals surface area (Å²) in [7, 11) is 0. The number of alkyl halides is 3. The fourth-order valence-electron chi connectivity index (χ4n) is 2.66. The smallest absolute Gasteiger partial charge is 0.394 e. The summed E-state index contributed by atoms with van der Waals surface area (Å²) in [5, 5.41) is 4.08. The van der Waals surface area contributed by atoms with Gasteiger partial charge in [0.15, 0.2) is 5.82 Å². The molecular weight excluding hydrogens is 373 g/mol. The zero-order valence-electron chi connectivity index (χ0n) is 13.6.